The molecule has 1 aromatic heterocycles. The van der Waals surface area contributed by atoms with Crippen molar-refractivity contribution in [3.63, 3.8) is 0 Å². The fourth-order valence-electron chi connectivity index (χ4n) is 6.06. The lowest BCUT2D eigenvalue weighted by Gasteiger charge is -2.23. The largest absolute Gasteiger partial charge is 0.385 e. The number of fused-ring (bicyclic) bond motifs is 1. The summed E-state index contributed by atoms with van der Waals surface area (Å²) in [6, 6.07) is 18.2. The number of halogens is 2. The number of hydrogen-bond donors (Lipinski definition) is 2. The van der Waals surface area contributed by atoms with Gasteiger partial charge in [-0.1, -0.05) is 81.1 Å². The Morgan fingerprint density at radius 3 is 2.48 bits per heavy atom. The van der Waals surface area contributed by atoms with E-state index in [9.17, 15) is 8.78 Å². The smallest absolute Gasteiger partial charge is 0.256 e. The monoisotopic (exact) mass is 567 g/mol. The first-order valence-electron chi connectivity index (χ1n) is 15.0. The second-order valence-electron chi connectivity index (χ2n) is 12.5. The zero-order chi connectivity index (χ0) is 30.2. The van der Waals surface area contributed by atoms with Crippen LogP contribution in [0.15, 0.2) is 85.1 Å². The molecule has 0 saturated heterocycles. The summed E-state index contributed by atoms with van der Waals surface area (Å²) in [5.74, 6) is -0.935. The molecule has 2 unspecified atom stereocenters. The molecule has 3 aromatic rings. The van der Waals surface area contributed by atoms with Crippen LogP contribution < -0.4 is 10.6 Å². The quantitative estimate of drug-likeness (QED) is 0.227. The molecule has 0 bridgehead atoms. The molecule has 2 aliphatic rings. The summed E-state index contributed by atoms with van der Waals surface area (Å²) in [6.45, 7) is 20.4. The van der Waals surface area contributed by atoms with Crippen LogP contribution in [0.25, 0.3) is 17.0 Å². The SMILES string of the molecule is C=C(NCC(C)C(C)/C(C)=C\C)c1cccc(-c2nc(NC(=C)C3(c4ccc5c(c4)CC(F)(F)C5)CC3)ccc2C)c1. The van der Waals surface area contributed by atoms with Crippen LogP contribution in [-0.2, 0) is 18.3 Å². The summed E-state index contributed by atoms with van der Waals surface area (Å²) in [7, 11) is 0. The third kappa shape index (κ3) is 6.06. The third-order valence-electron chi connectivity index (χ3n) is 9.51. The highest BCUT2D eigenvalue weighted by atomic mass is 19.3. The molecule has 0 aliphatic heterocycles. The Labute approximate surface area is 249 Å². The van der Waals surface area contributed by atoms with Gasteiger partial charge < -0.3 is 10.6 Å². The standard InChI is InChI=1S/C37H43F2N3/c1-8-23(2)26(5)25(4)22-40-27(6)29-10-9-11-30(18-29)35-24(3)12-15-34(42-35)41-28(7)36(16-17-36)33-14-13-31-20-37(38,39)21-32(31)19-33/h8-15,18-19,25-26,40H,6-7,16-17,20-22H2,1-5H3,(H,41,42)/b23-8-. The minimum atomic E-state index is -2.64. The molecule has 2 aliphatic carbocycles. The average molecular weight is 568 g/mol. The number of rotatable bonds is 11. The molecule has 1 heterocycles. The van der Waals surface area contributed by atoms with Crippen molar-refractivity contribution >= 4 is 11.5 Å². The number of benzene rings is 2. The molecule has 5 rings (SSSR count). The Kier molecular flexibility index (Phi) is 8.15. The van der Waals surface area contributed by atoms with Gasteiger partial charge in [0.1, 0.15) is 5.82 Å². The predicted molar refractivity (Wildman–Crippen MR) is 172 cm³/mol. The topological polar surface area (TPSA) is 37.0 Å². The Hall–Kier alpha value is -3.73. The summed E-state index contributed by atoms with van der Waals surface area (Å²) in [6.07, 6.45) is 3.73. The van der Waals surface area contributed by atoms with E-state index in [1.54, 1.807) is 0 Å². The summed E-state index contributed by atoms with van der Waals surface area (Å²) >= 11 is 0. The minimum Gasteiger partial charge on any atom is -0.385 e. The summed E-state index contributed by atoms with van der Waals surface area (Å²) in [4.78, 5) is 4.99. The number of nitrogens with zero attached hydrogens (tertiary/aromatic N) is 1. The molecule has 220 valence electrons. The third-order valence-corrected chi connectivity index (χ3v) is 9.51. The normalized spacial score (nSPS) is 18.1. The van der Waals surface area contributed by atoms with Crippen molar-refractivity contribution in [2.45, 2.75) is 71.6 Å². The van der Waals surface area contributed by atoms with Crippen LogP contribution in [0.2, 0.25) is 0 Å². The van der Waals surface area contributed by atoms with Gasteiger partial charge in [0, 0.05) is 41.8 Å². The molecule has 5 heteroatoms. The molecule has 0 amide bonds. The van der Waals surface area contributed by atoms with Crippen LogP contribution in [0.1, 0.15) is 68.4 Å². The van der Waals surface area contributed by atoms with E-state index < -0.39 is 5.92 Å². The van der Waals surface area contributed by atoms with E-state index in [-0.39, 0.29) is 18.3 Å². The van der Waals surface area contributed by atoms with Crippen molar-refractivity contribution in [3.05, 3.63) is 113 Å². The molecule has 42 heavy (non-hydrogen) atoms. The molecule has 1 saturated carbocycles. The zero-order valence-corrected chi connectivity index (χ0v) is 25.6. The number of nitrogens with one attached hydrogen (secondary N) is 2. The van der Waals surface area contributed by atoms with Gasteiger partial charge in [-0.2, -0.15) is 0 Å². The van der Waals surface area contributed by atoms with Crippen LogP contribution in [0.3, 0.4) is 0 Å². The van der Waals surface area contributed by atoms with Gasteiger partial charge in [0.05, 0.1) is 5.69 Å². The summed E-state index contributed by atoms with van der Waals surface area (Å²) in [5, 5.41) is 7.01. The van der Waals surface area contributed by atoms with Gasteiger partial charge in [0.2, 0.25) is 0 Å². The van der Waals surface area contributed by atoms with Gasteiger partial charge in [-0.25, -0.2) is 13.8 Å². The first-order chi connectivity index (χ1) is 19.9. The summed E-state index contributed by atoms with van der Waals surface area (Å²) in [5.41, 5.74) is 9.54. The predicted octanol–water partition coefficient (Wildman–Crippen LogP) is 9.25. The van der Waals surface area contributed by atoms with E-state index in [2.05, 4.69) is 88.8 Å². The highest BCUT2D eigenvalue weighted by molar-refractivity contribution is 5.72. The number of allylic oxidation sites excluding steroid dienone is 3. The van der Waals surface area contributed by atoms with Gasteiger partial charge in [-0.05, 0) is 85.4 Å². The number of hydrogen-bond acceptors (Lipinski definition) is 3. The maximum Gasteiger partial charge on any atom is 0.256 e. The van der Waals surface area contributed by atoms with E-state index in [0.29, 0.717) is 11.8 Å². The van der Waals surface area contributed by atoms with Gasteiger partial charge in [-0.15, -0.1) is 0 Å². The number of aryl methyl sites for hydroxylation is 1. The summed E-state index contributed by atoms with van der Waals surface area (Å²) < 4.78 is 28.0. The van der Waals surface area contributed by atoms with Crippen molar-refractivity contribution in [1.82, 2.24) is 10.3 Å². The maximum atomic E-state index is 14.0. The minimum absolute atomic E-state index is 0.163. The molecule has 2 atom stereocenters. The molecule has 0 spiro atoms. The van der Waals surface area contributed by atoms with E-state index >= 15 is 0 Å². The Morgan fingerprint density at radius 2 is 1.76 bits per heavy atom. The molecule has 1 fully saturated rings. The number of alkyl halides is 2. The first kappa shape index (κ1) is 29.8. The van der Waals surface area contributed by atoms with E-state index in [1.807, 2.05) is 30.3 Å². The van der Waals surface area contributed by atoms with Crippen LogP contribution >= 0.6 is 0 Å². The second kappa shape index (κ2) is 11.5. The number of pyridine rings is 1. The van der Waals surface area contributed by atoms with E-state index in [0.717, 1.165) is 75.7 Å². The second-order valence-corrected chi connectivity index (χ2v) is 12.5. The lowest BCUT2D eigenvalue weighted by Crippen LogP contribution is -2.24. The Bertz CT molecular complexity index is 1550. The van der Waals surface area contributed by atoms with Gasteiger partial charge >= 0.3 is 0 Å². The molecular weight excluding hydrogens is 524 g/mol. The lowest BCUT2D eigenvalue weighted by atomic mass is 9.89. The zero-order valence-electron chi connectivity index (χ0n) is 25.6. The molecular formula is C37H43F2N3. The number of aromatic nitrogens is 1. The fraction of sp³-hybridized carbons (Fsp3) is 0.378. The van der Waals surface area contributed by atoms with E-state index in [4.69, 9.17) is 4.98 Å². The lowest BCUT2D eigenvalue weighted by molar-refractivity contribution is 0.0130. The van der Waals surface area contributed by atoms with Crippen molar-refractivity contribution in [2.24, 2.45) is 11.8 Å². The molecule has 3 nitrogen and oxygen atoms in total. The van der Waals surface area contributed by atoms with Crippen LogP contribution in [0.4, 0.5) is 14.6 Å². The average Bonchev–Trinajstić information content (AvgIpc) is 3.72. The van der Waals surface area contributed by atoms with Crippen LogP contribution in [-0.4, -0.2) is 17.5 Å². The highest BCUT2D eigenvalue weighted by Gasteiger charge is 2.48. The van der Waals surface area contributed by atoms with Crippen molar-refractivity contribution in [2.75, 3.05) is 11.9 Å². The van der Waals surface area contributed by atoms with Gasteiger partial charge in [0.15, 0.2) is 0 Å². The highest BCUT2D eigenvalue weighted by Crippen LogP contribution is 2.54. The Morgan fingerprint density at radius 1 is 1.02 bits per heavy atom. The molecule has 2 N–H and O–H groups in total. The van der Waals surface area contributed by atoms with Crippen LogP contribution in [0.5, 0.6) is 0 Å². The van der Waals surface area contributed by atoms with Crippen LogP contribution in [0, 0.1) is 18.8 Å². The van der Waals surface area contributed by atoms with Gasteiger partial charge in [-0.3, -0.25) is 0 Å². The van der Waals surface area contributed by atoms with Crippen molar-refractivity contribution in [1.29, 1.82) is 0 Å². The van der Waals surface area contributed by atoms with Crippen molar-refractivity contribution < 1.29 is 8.78 Å². The van der Waals surface area contributed by atoms with Crippen molar-refractivity contribution in [3.8, 4) is 11.3 Å². The first-order valence-corrected chi connectivity index (χ1v) is 15.0. The van der Waals surface area contributed by atoms with E-state index in [1.165, 1.54) is 5.57 Å². The number of anilines is 1. The van der Waals surface area contributed by atoms with Gasteiger partial charge in [0.25, 0.3) is 5.92 Å². The Balaban J connectivity index is 1.30. The fourth-order valence-corrected chi connectivity index (χ4v) is 6.06. The molecule has 0 radical (unpaired) electrons. The maximum absolute atomic E-state index is 14.0. The molecule has 2 aromatic carbocycles.